The monoisotopic (exact) mass is 396 g/mol. The lowest BCUT2D eigenvalue weighted by Gasteiger charge is -2.23. The summed E-state index contributed by atoms with van der Waals surface area (Å²) in [7, 11) is -3.39. The van der Waals surface area contributed by atoms with Crippen molar-refractivity contribution in [2.24, 2.45) is 0 Å². The molecule has 0 N–H and O–H groups in total. The Balaban J connectivity index is 2.40. The quantitative estimate of drug-likeness (QED) is 0.350. The smallest absolute Gasteiger partial charge is 0.203 e. The molecule has 4 heteroatoms. The van der Waals surface area contributed by atoms with Crippen LogP contribution in [-0.2, 0) is 9.84 Å². The Morgan fingerprint density at radius 2 is 1.57 bits per heavy atom. The number of aryl methyl sites for hydroxylation is 1. The van der Waals surface area contributed by atoms with E-state index in [0.717, 1.165) is 42.1 Å². The molecular formula is C19H25BrO2S. The summed E-state index contributed by atoms with van der Waals surface area (Å²) in [6, 6.07) is 7.20. The van der Waals surface area contributed by atoms with Crippen LogP contribution in [0.3, 0.4) is 0 Å². The van der Waals surface area contributed by atoms with Crippen molar-refractivity contribution in [1.82, 2.24) is 0 Å². The van der Waals surface area contributed by atoms with Crippen LogP contribution in [0.25, 0.3) is 0 Å². The van der Waals surface area contributed by atoms with Crippen LogP contribution in [0.1, 0.15) is 51.5 Å². The van der Waals surface area contributed by atoms with Gasteiger partial charge >= 0.3 is 0 Å². The van der Waals surface area contributed by atoms with E-state index in [1.54, 1.807) is 12.1 Å². The summed E-state index contributed by atoms with van der Waals surface area (Å²) in [5, 5.41) is 0.966. The van der Waals surface area contributed by atoms with Crippen LogP contribution in [0.2, 0.25) is 0 Å². The van der Waals surface area contributed by atoms with E-state index in [2.05, 4.69) is 29.8 Å². The van der Waals surface area contributed by atoms with E-state index < -0.39 is 9.84 Å². The van der Waals surface area contributed by atoms with Gasteiger partial charge in [0, 0.05) is 11.8 Å². The summed E-state index contributed by atoms with van der Waals surface area (Å²) in [5.74, 6) is 0. The Labute approximate surface area is 148 Å². The van der Waals surface area contributed by atoms with E-state index >= 15 is 0 Å². The average molecular weight is 397 g/mol. The molecule has 126 valence electrons. The highest BCUT2D eigenvalue weighted by Crippen LogP contribution is 2.37. The molecule has 2 rings (SSSR count). The Bertz CT molecular complexity index is 725. The molecule has 0 bridgehead atoms. The molecule has 0 atom stereocenters. The molecule has 0 aliphatic heterocycles. The van der Waals surface area contributed by atoms with Gasteiger partial charge in [-0.25, -0.2) is 8.42 Å². The van der Waals surface area contributed by atoms with Gasteiger partial charge in [-0.3, -0.25) is 0 Å². The predicted molar refractivity (Wildman–Crippen MR) is 101 cm³/mol. The molecule has 0 radical (unpaired) electrons. The fraction of sp³-hybridized carbons (Fsp3) is 0.474. The van der Waals surface area contributed by atoms with Crippen molar-refractivity contribution in [2.75, 3.05) is 5.33 Å². The topological polar surface area (TPSA) is 34.1 Å². The van der Waals surface area contributed by atoms with Gasteiger partial charge in [0.1, 0.15) is 0 Å². The van der Waals surface area contributed by atoms with E-state index in [-0.39, 0.29) is 0 Å². The van der Waals surface area contributed by atoms with E-state index in [0.29, 0.717) is 16.2 Å². The van der Waals surface area contributed by atoms with E-state index in [1.807, 2.05) is 19.1 Å². The molecule has 1 aromatic carbocycles. The van der Waals surface area contributed by atoms with Gasteiger partial charge in [0.05, 0.1) is 9.80 Å². The van der Waals surface area contributed by atoms with Crippen molar-refractivity contribution in [3.63, 3.8) is 0 Å². The first-order chi connectivity index (χ1) is 10.9. The van der Waals surface area contributed by atoms with Crippen LogP contribution in [0.5, 0.6) is 0 Å². The molecule has 1 aliphatic carbocycles. The SMILES string of the molecule is CC1=C(C)CC(S(=O)(=O)c2ccc(C)cc2)=C(CCCCBr)C1. The zero-order valence-electron chi connectivity index (χ0n) is 14.2. The van der Waals surface area contributed by atoms with Crippen molar-refractivity contribution in [2.45, 2.75) is 57.8 Å². The third kappa shape index (κ3) is 4.36. The van der Waals surface area contributed by atoms with Crippen molar-refractivity contribution >= 4 is 25.8 Å². The number of hydrogen-bond acceptors (Lipinski definition) is 2. The Hall–Kier alpha value is -0.870. The highest BCUT2D eigenvalue weighted by atomic mass is 79.9. The summed E-state index contributed by atoms with van der Waals surface area (Å²) in [5.41, 5.74) is 4.70. The molecule has 23 heavy (non-hydrogen) atoms. The summed E-state index contributed by atoms with van der Waals surface area (Å²) < 4.78 is 26.2. The first kappa shape index (κ1) is 18.5. The Morgan fingerprint density at radius 3 is 2.17 bits per heavy atom. The van der Waals surface area contributed by atoms with Gasteiger partial charge in [-0.2, -0.15) is 0 Å². The molecule has 0 amide bonds. The summed E-state index contributed by atoms with van der Waals surface area (Å²) in [6.07, 6.45) is 4.33. The molecule has 0 spiro atoms. The van der Waals surface area contributed by atoms with Crippen molar-refractivity contribution in [1.29, 1.82) is 0 Å². The number of alkyl halides is 1. The molecule has 0 aromatic heterocycles. The number of hydrogen-bond donors (Lipinski definition) is 0. The minimum atomic E-state index is -3.39. The second kappa shape index (κ2) is 7.80. The molecule has 0 unspecified atom stereocenters. The van der Waals surface area contributed by atoms with Crippen molar-refractivity contribution in [3.05, 3.63) is 51.5 Å². The fourth-order valence-electron chi connectivity index (χ4n) is 2.89. The summed E-state index contributed by atoms with van der Waals surface area (Å²) in [6.45, 7) is 6.14. The highest BCUT2D eigenvalue weighted by Gasteiger charge is 2.27. The predicted octanol–water partition coefficient (Wildman–Crippen LogP) is 5.72. The molecule has 0 fully saturated rings. The van der Waals surface area contributed by atoms with Gasteiger partial charge in [0.2, 0.25) is 9.84 Å². The Kier molecular flexibility index (Phi) is 6.26. The number of unbranched alkanes of at least 4 members (excludes halogenated alkanes) is 1. The van der Waals surface area contributed by atoms with Crippen LogP contribution in [0.15, 0.2) is 50.8 Å². The fourth-order valence-corrected chi connectivity index (χ4v) is 5.03. The van der Waals surface area contributed by atoms with Gasteiger partial charge < -0.3 is 0 Å². The van der Waals surface area contributed by atoms with Gasteiger partial charge in [-0.15, -0.1) is 0 Å². The third-order valence-electron chi connectivity index (χ3n) is 4.55. The number of benzene rings is 1. The molecule has 1 aliphatic rings. The van der Waals surface area contributed by atoms with Gasteiger partial charge in [0.25, 0.3) is 0 Å². The lowest BCUT2D eigenvalue weighted by molar-refractivity contribution is 0.598. The largest absolute Gasteiger partial charge is 0.219 e. The van der Waals surface area contributed by atoms with E-state index in [9.17, 15) is 8.42 Å². The first-order valence-corrected chi connectivity index (χ1v) is 10.7. The van der Waals surface area contributed by atoms with E-state index in [4.69, 9.17) is 0 Å². The Morgan fingerprint density at radius 1 is 0.957 bits per heavy atom. The van der Waals surface area contributed by atoms with E-state index in [1.165, 1.54) is 11.1 Å². The maximum absolute atomic E-state index is 13.1. The number of rotatable bonds is 6. The van der Waals surface area contributed by atoms with Crippen LogP contribution in [0, 0.1) is 6.92 Å². The van der Waals surface area contributed by atoms with Crippen LogP contribution in [-0.4, -0.2) is 13.7 Å². The molecule has 1 aromatic rings. The highest BCUT2D eigenvalue weighted by molar-refractivity contribution is 9.09. The van der Waals surface area contributed by atoms with Crippen LogP contribution in [0.4, 0.5) is 0 Å². The molecular weight excluding hydrogens is 372 g/mol. The van der Waals surface area contributed by atoms with Crippen molar-refractivity contribution in [3.8, 4) is 0 Å². The normalized spacial score (nSPS) is 16.2. The minimum Gasteiger partial charge on any atom is -0.219 e. The molecule has 0 saturated carbocycles. The van der Waals surface area contributed by atoms with Crippen LogP contribution >= 0.6 is 15.9 Å². The lowest BCUT2D eigenvalue weighted by atomic mass is 9.90. The molecule has 0 heterocycles. The number of sulfone groups is 1. The standard InChI is InChI=1S/C19H25BrO2S/c1-14-7-9-18(10-8-14)23(21,22)19-13-16(3)15(2)12-17(19)6-4-5-11-20/h7-10H,4-6,11-13H2,1-3H3. The lowest BCUT2D eigenvalue weighted by Crippen LogP contribution is -2.13. The molecule has 2 nitrogen and oxygen atoms in total. The second-order valence-electron chi connectivity index (χ2n) is 6.40. The number of halogens is 1. The minimum absolute atomic E-state index is 0.420. The van der Waals surface area contributed by atoms with Crippen molar-refractivity contribution < 1.29 is 8.42 Å². The van der Waals surface area contributed by atoms with Gasteiger partial charge in [-0.1, -0.05) is 50.3 Å². The summed E-state index contributed by atoms with van der Waals surface area (Å²) in [4.78, 5) is 1.06. The second-order valence-corrected chi connectivity index (χ2v) is 9.17. The zero-order chi connectivity index (χ0) is 17.0. The third-order valence-corrected chi connectivity index (χ3v) is 7.08. The number of allylic oxidation sites excluding steroid dienone is 4. The maximum atomic E-state index is 13.1. The van der Waals surface area contributed by atoms with Crippen LogP contribution < -0.4 is 0 Å². The maximum Gasteiger partial charge on any atom is 0.203 e. The van der Waals surface area contributed by atoms with Gasteiger partial charge in [0.15, 0.2) is 0 Å². The average Bonchev–Trinajstić information content (AvgIpc) is 2.51. The van der Waals surface area contributed by atoms with Gasteiger partial charge in [-0.05, 0) is 58.6 Å². The molecule has 0 saturated heterocycles. The summed E-state index contributed by atoms with van der Waals surface area (Å²) >= 11 is 3.45. The zero-order valence-corrected chi connectivity index (χ0v) is 16.6. The first-order valence-electron chi connectivity index (χ1n) is 8.10.